The molecule has 4 heteroatoms. The number of amides is 1. The maximum Gasteiger partial charge on any atom is 0.410 e. The second-order valence-electron chi connectivity index (χ2n) is 6.01. The molecule has 0 aromatic carbocycles. The monoisotopic (exact) mass is 255 g/mol. The molecular formula is C14H25NO3. The highest BCUT2D eigenvalue weighted by Gasteiger charge is 2.29. The van der Waals surface area contributed by atoms with Crippen molar-refractivity contribution in [1.82, 2.24) is 4.90 Å². The van der Waals surface area contributed by atoms with Gasteiger partial charge in [-0.25, -0.2) is 4.79 Å². The lowest BCUT2D eigenvalue weighted by atomic mass is 10.0. The third kappa shape index (κ3) is 5.07. The predicted octanol–water partition coefficient (Wildman–Crippen LogP) is 3.00. The number of nitrogens with zero attached hydrogens (tertiary/aromatic N) is 1. The van der Waals surface area contributed by atoms with E-state index >= 15 is 0 Å². The maximum atomic E-state index is 11.8. The molecule has 0 aromatic rings. The van der Waals surface area contributed by atoms with E-state index in [2.05, 4.69) is 0 Å². The van der Waals surface area contributed by atoms with E-state index in [1.807, 2.05) is 27.7 Å². The molecule has 1 amide bonds. The fourth-order valence-electron chi connectivity index (χ4n) is 2.10. The van der Waals surface area contributed by atoms with E-state index in [1.54, 1.807) is 4.90 Å². The van der Waals surface area contributed by atoms with E-state index in [4.69, 9.17) is 4.74 Å². The second-order valence-corrected chi connectivity index (χ2v) is 6.01. The molecule has 0 bridgehead atoms. The normalized spacial score (nSPS) is 20.0. The summed E-state index contributed by atoms with van der Waals surface area (Å²) in [5.74, 6) is 0.763. The molecule has 4 nitrogen and oxygen atoms in total. The lowest BCUT2D eigenvalue weighted by Crippen LogP contribution is -2.35. The van der Waals surface area contributed by atoms with Crippen LogP contribution in [0.15, 0.2) is 0 Å². The van der Waals surface area contributed by atoms with Gasteiger partial charge in [0.25, 0.3) is 0 Å². The van der Waals surface area contributed by atoms with Crippen LogP contribution in [0.2, 0.25) is 0 Å². The number of ketones is 1. The van der Waals surface area contributed by atoms with Crippen LogP contribution in [-0.4, -0.2) is 35.5 Å². The summed E-state index contributed by atoms with van der Waals surface area (Å²) in [5.41, 5.74) is -0.437. The van der Waals surface area contributed by atoms with E-state index in [0.717, 1.165) is 25.9 Å². The van der Waals surface area contributed by atoms with Crippen LogP contribution in [0.3, 0.4) is 0 Å². The van der Waals surface area contributed by atoms with Crippen LogP contribution in [0.5, 0.6) is 0 Å². The van der Waals surface area contributed by atoms with E-state index in [0.29, 0.717) is 24.5 Å². The van der Waals surface area contributed by atoms with Crippen LogP contribution in [0.4, 0.5) is 4.79 Å². The maximum absolute atomic E-state index is 11.8. The number of rotatable bonds is 4. The largest absolute Gasteiger partial charge is 0.444 e. The molecule has 0 radical (unpaired) electrons. The van der Waals surface area contributed by atoms with Gasteiger partial charge in [0.05, 0.1) is 0 Å². The molecule has 1 aliphatic heterocycles. The van der Waals surface area contributed by atoms with Crippen molar-refractivity contribution < 1.29 is 14.3 Å². The number of carbonyl (C=O) groups excluding carboxylic acids is 2. The van der Waals surface area contributed by atoms with Crippen molar-refractivity contribution in [2.24, 2.45) is 5.92 Å². The van der Waals surface area contributed by atoms with Gasteiger partial charge in [0, 0.05) is 25.9 Å². The van der Waals surface area contributed by atoms with Crippen molar-refractivity contribution in [2.45, 2.75) is 59.0 Å². The Labute approximate surface area is 110 Å². The predicted molar refractivity (Wildman–Crippen MR) is 70.4 cm³/mol. The third-order valence-electron chi connectivity index (χ3n) is 3.16. The third-order valence-corrected chi connectivity index (χ3v) is 3.16. The Kier molecular flexibility index (Phi) is 5.17. The van der Waals surface area contributed by atoms with Gasteiger partial charge in [0.1, 0.15) is 11.4 Å². The summed E-state index contributed by atoms with van der Waals surface area (Å²) in [7, 11) is 0. The molecule has 1 atom stereocenters. The SMILES string of the molecule is CCC(=O)CCC1CCN(C(=O)OC(C)(C)C)C1. The molecule has 104 valence electrons. The summed E-state index contributed by atoms with van der Waals surface area (Å²) < 4.78 is 5.34. The summed E-state index contributed by atoms with van der Waals surface area (Å²) in [6.07, 6.45) is 2.90. The number of ether oxygens (including phenoxy) is 1. The molecule has 1 rings (SSSR count). The van der Waals surface area contributed by atoms with Crippen molar-refractivity contribution in [3.8, 4) is 0 Å². The molecule has 0 aliphatic carbocycles. The Morgan fingerprint density at radius 3 is 2.56 bits per heavy atom. The zero-order valence-corrected chi connectivity index (χ0v) is 12.0. The summed E-state index contributed by atoms with van der Waals surface area (Å²) in [6, 6.07) is 0. The smallest absolute Gasteiger partial charge is 0.410 e. The van der Waals surface area contributed by atoms with Gasteiger partial charge in [-0.15, -0.1) is 0 Å². The summed E-state index contributed by atoms with van der Waals surface area (Å²) in [5, 5.41) is 0. The summed E-state index contributed by atoms with van der Waals surface area (Å²) >= 11 is 0. The van der Waals surface area contributed by atoms with Gasteiger partial charge in [-0.1, -0.05) is 6.92 Å². The van der Waals surface area contributed by atoms with E-state index in [-0.39, 0.29) is 6.09 Å². The van der Waals surface area contributed by atoms with Crippen LogP contribution in [0.25, 0.3) is 0 Å². The lowest BCUT2D eigenvalue weighted by molar-refractivity contribution is -0.119. The Morgan fingerprint density at radius 2 is 2.00 bits per heavy atom. The van der Waals surface area contributed by atoms with Crippen LogP contribution in [-0.2, 0) is 9.53 Å². The summed E-state index contributed by atoms with van der Waals surface area (Å²) in [4.78, 5) is 24.9. The van der Waals surface area contributed by atoms with Crippen molar-refractivity contribution in [3.05, 3.63) is 0 Å². The highest BCUT2D eigenvalue weighted by Crippen LogP contribution is 2.23. The standard InChI is InChI=1S/C14H25NO3/c1-5-12(16)7-6-11-8-9-15(10-11)13(17)18-14(2,3)4/h11H,5-10H2,1-4H3. The van der Waals surface area contributed by atoms with Crippen molar-refractivity contribution >= 4 is 11.9 Å². The van der Waals surface area contributed by atoms with Gasteiger partial charge in [0.2, 0.25) is 0 Å². The zero-order valence-electron chi connectivity index (χ0n) is 12.0. The number of likely N-dealkylation sites (tertiary alicyclic amines) is 1. The zero-order chi connectivity index (χ0) is 13.8. The van der Waals surface area contributed by atoms with Crippen LogP contribution < -0.4 is 0 Å². The molecule has 1 fully saturated rings. The highest BCUT2D eigenvalue weighted by atomic mass is 16.6. The molecule has 1 heterocycles. The highest BCUT2D eigenvalue weighted by molar-refractivity contribution is 5.77. The number of Topliss-reactive ketones (excluding diaryl/α,β-unsaturated/α-hetero) is 1. The fraction of sp³-hybridized carbons (Fsp3) is 0.857. The summed E-state index contributed by atoms with van der Waals surface area (Å²) in [6.45, 7) is 8.99. The quantitative estimate of drug-likeness (QED) is 0.775. The Bertz CT molecular complexity index is 307. The fourth-order valence-corrected chi connectivity index (χ4v) is 2.10. The van der Waals surface area contributed by atoms with Crippen LogP contribution in [0.1, 0.15) is 53.4 Å². The molecule has 0 saturated carbocycles. The minimum absolute atomic E-state index is 0.230. The molecule has 1 saturated heterocycles. The second kappa shape index (κ2) is 6.21. The van der Waals surface area contributed by atoms with Gasteiger partial charge < -0.3 is 9.64 Å². The Hall–Kier alpha value is -1.06. The molecule has 0 spiro atoms. The Morgan fingerprint density at radius 1 is 1.33 bits per heavy atom. The molecule has 0 aromatic heterocycles. The molecule has 0 N–H and O–H groups in total. The van der Waals surface area contributed by atoms with Gasteiger partial charge in [-0.2, -0.15) is 0 Å². The minimum Gasteiger partial charge on any atom is -0.444 e. The van der Waals surface area contributed by atoms with E-state index < -0.39 is 5.60 Å². The average Bonchev–Trinajstić information content (AvgIpc) is 2.72. The number of hydrogen-bond donors (Lipinski definition) is 0. The van der Waals surface area contributed by atoms with Crippen molar-refractivity contribution in [2.75, 3.05) is 13.1 Å². The average molecular weight is 255 g/mol. The van der Waals surface area contributed by atoms with Crippen LogP contribution >= 0.6 is 0 Å². The molecule has 18 heavy (non-hydrogen) atoms. The molecule has 1 aliphatic rings. The van der Waals surface area contributed by atoms with Crippen LogP contribution in [0, 0.1) is 5.92 Å². The lowest BCUT2D eigenvalue weighted by Gasteiger charge is -2.24. The first-order valence-electron chi connectivity index (χ1n) is 6.81. The molecule has 1 unspecified atom stereocenters. The van der Waals surface area contributed by atoms with Crippen molar-refractivity contribution in [3.63, 3.8) is 0 Å². The number of carbonyl (C=O) groups is 2. The van der Waals surface area contributed by atoms with Crippen molar-refractivity contribution in [1.29, 1.82) is 0 Å². The number of hydrogen-bond acceptors (Lipinski definition) is 3. The van der Waals surface area contributed by atoms with Gasteiger partial charge >= 0.3 is 6.09 Å². The van der Waals surface area contributed by atoms with Gasteiger partial charge in [0.15, 0.2) is 0 Å². The van der Waals surface area contributed by atoms with Gasteiger partial charge in [-0.05, 0) is 39.5 Å². The van der Waals surface area contributed by atoms with Gasteiger partial charge in [-0.3, -0.25) is 4.79 Å². The first kappa shape index (κ1) is 15.0. The van der Waals surface area contributed by atoms with E-state index in [1.165, 1.54) is 0 Å². The first-order chi connectivity index (χ1) is 8.31. The minimum atomic E-state index is -0.437. The topological polar surface area (TPSA) is 46.6 Å². The van der Waals surface area contributed by atoms with E-state index in [9.17, 15) is 9.59 Å². The molecular weight excluding hydrogens is 230 g/mol. The Balaban J connectivity index is 2.32. The first-order valence-corrected chi connectivity index (χ1v) is 6.81.